The molecule has 0 bridgehead atoms. The van der Waals surface area contributed by atoms with Gasteiger partial charge in [0, 0.05) is 61.6 Å². The second-order valence-corrected chi connectivity index (χ2v) is 9.18. The van der Waals surface area contributed by atoms with E-state index in [-0.39, 0.29) is 22.7 Å². The monoisotopic (exact) mass is 482 g/mol. The lowest BCUT2D eigenvalue weighted by Crippen LogP contribution is -2.38. The van der Waals surface area contributed by atoms with Crippen LogP contribution in [-0.2, 0) is 6.54 Å². The van der Waals surface area contributed by atoms with Gasteiger partial charge in [-0.1, -0.05) is 11.3 Å². The molecule has 3 aromatic heterocycles. The number of likely N-dealkylation sites (tertiary alicyclic amines) is 1. The number of thiophene rings is 1. The minimum Gasteiger partial charge on any atom is -0.352 e. The molecule has 1 aliphatic rings. The van der Waals surface area contributed by atoms with Crippen LogP contribution in [0.2, 0.25) is 0 Å². The van der Waals surface area contributed by atoms with Crippen LogP contribution >= 0.6 is 11.3 Å². The summed E-state index contributed by atoms with van der Waals surface area (Å²) in [5, 5.41) is 15.4. The van der Waals surface area contributed by atoms with E-state index in [1.807, 2.05) is 29.8 Å². The van der Waals surface area contributed by atoms with Crippen molar-refractivity contribution in [1.29, 1.82) is 0 Å². The average molecular weight is 483 g/mol. The Labute approximate surface area is 200 Å². The maximum atomic E-state index is 12.9. The summed E-state index contributed by atoms with van der Waals surface area (Å²) in [5.74, 6) is -0.277. The predicted molar refractivity (Wildman–Crippen MR) is 127 cm³/mol. The molecule has 4 heterocycles. The molecule has 34 heavy (non-hydrogen) atoms. The molecule has 3 aromatic rings. The van der Waals surface area contributed by atoms with Gasteiger partial charge < -0.3 is 14.8 Å². The van der Waals surface area contributed by atoms with Gasteiger partial charge in [-0.2, -0.15) is 0 Å². The van der Waals surface area contributed by atoms with Crippen LogP contribution in [0.15, 0.2) is 42.3 Å². The number of nitrogens with one attached hydrogen (secondary N) is 1. The van der Waals surface area contributed by atoms with Gasteiger partial charge in [0.05, 0.1) is 28.1 Å². The first kappa shape index (κ1) is 23.6. The fraction of sp³-hybridized carbons (Fsp3) is 0.391. The Kier molecular flexibility index (Phi) is 7.31. The number of imidazole rings is 1. The molecule has 1 saturated heterocycles. The molecule has 0 spiro atoms. The zero-order valence-corrected chi connectivity index (χ0v) is 19.7. The van der Waals surface area contributed by atoms with Crippen LogP contribution < -0.4 is 5.32 Å². The van der Waals surface area contributed by atoms with Crippen molar-refractivity contribution in [1.82, 2.24) is 24.8 Å². The number of hydrogen-bond donors (Lipinski definition) is 1. The number of pyridine rings is 1. The topological polar surface area (TPSA) is 123 Å². The second kappa shape index (κ2) is 10.6. The number of carbonyl (C=O) groups excluding carboxylic acids is 2. The number of hydrogen-bond acceptors (Lipinski definition) is 7. The minimum atomic E-state index is -0.485. The Bertz CT molecular complexity index is 1170. The fourth-order valence-electron chi connectivity index (χ4n) is 4.13. The van der Waals surface area contributed by atoms with E-state index in [1.165, 1.54) is 11.4 Å². The summed E-state index contributed by atoms with van der Waals surface area (Å²) in [4.78, 5) is 46.5. The quantitative estimate of drug-likeness (QED) is 0.298. The Morgan fingerprint density at radius 2 is 2.09 bits per heavy atom. The van der Waals surface area contributed by atoms with Gasteiger partial charge in [-0.3, -0.25) is 24.7 Å². The van der Waals surface area contributed by atoms with Gasteiger partial charge in [0.25, 0.3) is 11.8 Å². The van der Waals surface area contributed by atoms with Crippen LogP contribution in [0, 0.1) is 17.0 Å². The first-order valence-electron chi connectivity index (χ1n) is 11.2. The minimum absolute atomic E-state index is 0.0390. The van der Waals surface area contributed by atoms with Gasteiger partial charge in [-0.25, -0.2) is 4.98 Å². The fourth-order valence-corrected chi connectivity index (χ4v) is 4.83. The van der Waals surface area contributed by atoms with Crippen molar-refractivity contribution in [2.75, 3.05) is 19.6 Å². The van der Waals surface area contributed by atoms with Crippen molar-refractivity contribution < 1.29 is 14.5 Å². The highest BCUT2D eigenvalue weighted by molar-refractivity contribution is 7.13. The smallest absolute Gasteiger partial charge is 0.324 e. The number of aromatic nitrogens is 3. The van der Waals surface area contributed by atoms with Crippen molar-refractivity contribution in [2.24, 2.45) is 0 Å². The van der Waals surface area contributed by atoms with Crippen LogP contribution in [0.25, 0.3) is 0 Å². The van der Waals surface area contributed by atoms with E-state index < -0.39 is 4.92 Å². The summed E-state index contributed by atoms with van der Waals surface area (Å²) >= 11 is 0.956. The van der Waals surface area contributed by atoms with Crippen LogP contribution in [0.5, 0.6) is 0 Å². The highest BCUT2D eigenvalue weighted by Crippen LogP contribution is 2.31. The molecule has 0 aliphatic carbocycles. The Balaban J connectivity index is 1.36. The SMILES string of the molecule is Cc1ccc(C(=O)NCCCn2ccnc2)c(C2CCN(C(=O)c3csc([N+](=O)[O-])c3)CC2)n1. The van der Waals surface area contributed by atoms with Crippen molar-refractivity contribution >= 4 is 28.2 Å². The van der Waals surface area contributed by atoms with Crippen molar-refractivity contribution in [3.05, 3.63) is 74.9 Å². The van der Waals surface area contributed by atoms with Crippen molar-refractivity contribution in [3.8, 4) is 0 Å². The molecular formula is C23H26N6O4S. The van der Waals surface area contributed by atoms with Gasteiger partial charge >= 0.3 is 5.00 Å². The third-order valence-electron chi connectivity index (χ3n) is 5.93. The first-order valence-corrected chi connectivity index (χ1v) is 12.0. The summed E-state index contributed by atoms with van der Waals surface area (Å²) in [6, 6.07) is 4.99. The summed E-state index contributed by atoms with van der Waals surface area (Å²) in [6.45, 7) is 4.24. The van der Waals surface area contributed by atoms with Gasteiger partial charge in [0.1, 0.15) is 0 Å². The Morgan fingerprint density at radius 1 is 1.29 bits per heavy atom. The van der Waals surface area contributed by atoms with Gasteiger partial charge in [0.2, 0.25) is 0 Å². The molecule has 0 aromatic carbocycles. The third kappa shape index (κ3) is 5.48. The van der Waals surface area contributed by atoms with Crippen molar-refractivity contribution in [3.63, 3.8) is 0 Å². The van der Waals surface area contributed by atoms with E-state index in [0.717, 1.165) is 35.7 Å². The molecule has 10 nitrogen and oxygen atoms in total. The number of piperidine rings is 1. The standard InChI is InChI=1S/C23H26N6O4S/c1-16-3-4-19(22(30)25-7-2-9-27-12-8-24-15-27)21(26-16)17-5-10-28(11-6-17)23(31)18-13-20(29(32)33)34-14-18/h3-4,8,12-15,17H,2,5-7,9-11H2,1H3,(H,25,30). The summed E-state index contributed by atoms with van der Waals surface area (Å²) in [6.07, 6.45) is 7.51. The van der Waals surface area contributed by atoms with Crippen LogP contribution in [0.1, 0.15) is 57.3 Å². The first-order chi connectivity index (χ1) is 16.4. The van der Waals surface area contributed by atoms with Gasteiger partial charge in [-0.15, -0.1) is 0 Å². The third-order valence-corrected chi connectivity index (χ3v) is 6.81. The maximum Gasteiger partial charge on any atom is 0.324 e. The number of carbonyl (C=O) groups is 2. The molecule has 2 amide bonds. The molecule has 0 unspecified atom stereocenters. The zero-order chi connectivity index (χ0) is 24.1. The molecule has 1 fully saturated rings. The molecule has 178 valence electrons. The maximum absolute atomic E-state index is 12.9. The molecule has 1 aliphatic heterocycles. The lowest BCUT2D eigenvalue weighted by atomic mass is 9.89. The number of rotatable bonds is 8. The summed E-state index contributed by atoms with van der Waals surface area (Å²) in [7, 11) is 0. The molecule has 0 radical (unpaired) electrons. The van der Waals surface area contributed by atoms with E-state index in [0.29, 0.717) is 43.6 Å². The highest BCUT2D eigenvalue weighted by Gasteiger charge is 2.29. The van der Waals surface area contributed by atoms with Crippen LogP contribution in [-0.4, -0.2) is 55.8 Å². The predicted octanol–water partition coefficient (Wildman–Crippen LogP) is 3.40. The molecule has 4 rings (SSSR count). The lowest BCUT2D eigenvalue weighted by molar-refractivity contribution is -0.380. The van der Waals surface area contributed by atoms with E-state index in [1.54, 1.807) is 17.4 Å². The van der Waals surface area contributed by atoms with Gasteiger partial charge in [0.15, 0.2) is 0 Å². The second-order valence-electron chi connectivity index (χ2n) is 8.29. The van der Waals surface area contributed by atoms with E-state index in [2.05, 4.69) is 15.3 Å². The number of amides is 2. The Hall–Kier alpha value is -3.60. The number of nitrogens with zero attached hydrogens (tertiary/aromatic N) is 5. The summed E-state index contributed by atoms with van der Waals surface area (Å²) < 4.78 is 1.97. The Morgan fingerprint density at radius 3 is 2.76 bits per heavy atom. The van der Waals surface area contributed by atoms with Crippen LogP contribution in [0.4, 0.5) is 5.00 Å². The number of aryl methyl sites for hydroxylation is 2. The molecule has 0 saturated carbocycles. The van der Waals surface area contributed by atoms with Gasteiger partial charge in [-0.05, 0) is 38.3 Å². The average Bonchev–Trinajstić information content (AvgIpc) is 3.54. The largest absolute Gasteiger partial charge is 0.352 e. The molecule has 1 N–H and O–H groups in total. The molecule has 0 atom stereocenters. The van der Waals surface area contributed by atoms with E-state index in [4.69, 9.17) is 0 Å². The zero-order valence-electron chi connectivity index (χ0n) is 18.8. The van der Waals surface area contributed by atoms with Crippen LogP contribution in [0.3, 0.4) is 0 Å². The highest BCUT2D eigenvalue weighted by atomic mass is 32.1. The summed E-state index contributed by atoms with van der Waals surface area (Å²) in [5.41, 5.74) is 2.53. The normalized spacial score (nSPS) is 14.2. The lowest BCUT2D eigenvalue weighted by Gasteiger charge is -2.32. The van der Waals surface area contributed by atoms with Crippen molar-refractivity contribution in [2.45, 2.75) is 38.6 Å². The van der Waals surface area contributed by atoms with E-state index >= 15 is 0 Å². The molecule has 11 heteroatoms. The molecular weight excluding hydrogens is 456 g/mol. The van der Waals surface area contributed by atoms with E-state index in [9.17, 15) is 19.7 Å². The number of nitro groups is 1.